The molecule has 0 bridgehead atoms. The van der Waals surface area contributed by atoms with E-state index in [0.29, 0.717) is 39.5 Å². The van der Waals surface area contributed by atoms with Crippen molar-refractivity contribution in [1.29, 1.82) is 0 Å². The van der Waals surface area contributed by atoms with Gasteiger partial charge in [-0.05, 0) is 29.8 Å². The number of hydrogen-bond acceptors (Lipinski definition) is 7. The summed E-state index contributed by atoms with van der Waals surface area (Å²) in [6, 6.07) is 12.4. The number of thioether (sulfide) groups is 1. The van der Waals surface area contributed by atoms with Crippen LogP contribution in [0, 0.1) is 0 Å². The zero-order valence-corrected chi connectivity index (χ0v) is 15.1. The summed E-state index contributed by atoms with van der Waals surface area (Å²) in [7, 11) is 3.16. The third kappa shape index (κ3) is 3.97. The van der Waals surface area contributed by atoms with E-state index in [1.54, 1.807) is 38.5 Å². The molecule has 2 aromatic carbocycles. The van der Waals surface area contributed by atoms with Crippen LogP contribution in [0.3, 0.4) is 0 Å². The van der Waals surface area contributed by atoms with Crippen LogP contribution in [0.2, 0.25) is 0 Å². The molecular formula is C18H17N3O4S. The van der Waals surface area contributed by atoms with Gasteiger partial charge in [0.15, 0.2) is 0 Å². The third-order valence-electron chi connectivity index (χ3n) is 3.65. The highest BCUT2D eigenvalue weighted by atomic mass is 32.2. The Morgan fingerprint density at radius 3 is 2.54 bits per heavy atom. The number of ether oxygens (including phenoxy) is 2. The van der Waals surface area contributed by atoms with Gasteiger partial charge in [0.2, 0.25) is 5.91 Å². The second-order valence-electron chi connectivity index (χ2n) is 5.29. The first-order valence-corrected chi connectivity index (χ1v) is 8.66. The van der Waals surface area contributed by atoms with Crippen molar-refractivity contribution in [2.75, 3.05) is 14.2 Å². The van der Waals surface area contributed by atoms with Crippen LogP contribution in [0.5, 0.6) is 11.5 Å². The van der Waals surface area contributed by atoms with Crippen LogP contribution in [0.4, 0.5) is 0 Å². The molecule has 0 atom stereocenters. The van der Waals surface area contributed by atoms with Crippen LogP contribution in [0.15, 0.2) is 52.1 Å². The number of carbonyl (C=O) groups is 1. The highest BCUT2D eigenvalue weighted by molar-refractivity contribution is 7.98. The maximum atomic E-state index is 11.1. The highest BCUT2D eigenvalue weighted by Gasteiger charge is 2.15. The summed E-state index contributed by atoms with van der Waals surface area (Å²) in [5, 5.41) is 8.58. The van der Waals surface area contributed by atoms with Gasteiger partial charge in [-0.25, -0.2) is 0 Å². The molecule has 0 aliphatic heterocycles. The first-order valence-electron chi connectivity index (χ1n) is 7.68. The molecule has 0 radical (unpaired) electrons. The molecule has 8 heteroatoms. The maximum absolute atomic E-state index is 11.1. The van der Waals surface area contributed by atoms with E-state index in [1.165, 1.54) is 11.8 Å². The average Bonchev–Trinajstić information content (AvgIpc) is 3.15. The van der Waals surface area contributed by atoms with Crippen LogP contribution < -0.4 is 15.2 Å². The lowest BCUT2D eigenvalue weighted by molar-refractivity contribution is 0.100. The smallest absolute Gasteiger partial charge is 0.277 e. The number of hydrogen-bond donors (Lipinski definition) is 1. The number of carbonyl (C=O) groups excluding carboxylic acids is 1. The molecule has 1 aromatic heterocycles. The summed E-state index contributed by atoms with van der Waals surface area (Å²) in [5.41, 5.74) is 7.42. The molecule has 1 heterocycles. The normalized spacial score (nSPS) is 10.5. The Morgan fingerprint density at radius 1 is 1.12 bits per heavy atom. The molecule has 0 aliphatic carbocycles. The number of rotatable bonds is 7. The second-order valence-corrected chi connectivity index (χ2v) is 6.22. The fourth-order valence-corrected chi connectivity index (χ4v) is 2.98. The second kappa shape index (κ2) is 7.92. The molecule has 1 amide bonds. The SMILES string of the molecule is COc1ccc(-c2nnc(SCc3ccc(C(N)=O)cc3)o2)c(OC)c1. The zero-order valence-electron chi connectivity index (χ0n) is 14.3. The third-order valence-corrected chi connectivity index (χ3v) is 4.54. The van der Waals surface area contributed by atoms with Gasteiger partial charge in [-0.1, -0.05) is 23.9 Å². The van der Waals surface area contributed by atoms with Gasteiger partial charge in [-0.15, -0.1) is 10.2 Å². The Kier molecular flexibility index (Phi) is 5.43. The van der Waals surface area contributed by atoms with Crippen molar-refractivity contribution in [3.8, 4) is 23.0 Å². The van der Waals surface area contributed by atoms with E-state index in [0.717, 1.165) is 5.56 Å². The summed E-state index contributed by atoms with van der Waals surface area (Å²) >= 11 is 1.40. The number of nitrogens with two attached hydrogens (primary N) is 1. The van der Waals surface area contributed by atoms with E-state index in [4.69, 9.17) is 19.6 Å². The summed E-state index contributed by atoms with van der Waals surface area (Å²) in [6.07, 6.45) is 0. The van der Waals surface area contributed by atoms with E-state index >= 15 is 0 Å². The topological polar surface area (TPSA) is 100 Å². The largest absolute Gasteiger partial charge is 0.497 e. The Bertz CT molecular complexity index is 909. The number of amides is 1. The van der Waals surface area contributed by atoms with Gasteiger partial charge in [-0.3, -0.25) is 4.79 Å². The standard InChI is InChI=1S/C18H17N3O4S/c1-23-13-7-8-14(15(9-13)24-2)17-20-21-18(25-17)26-10-11-3-5-12(6-4-11)16(19)22/h3-9H,10H2,1-2H3,(H2,19,22). The zero-order chi connectivity index (χ0) is 18.5. The summed E-state index contributed by atoms with van der Waals surface area (Å²) < 4.78 is 16.3. The van der Waals surface area contributed by atoms with E-state index < -0.39 is 5.91 Å². The fraction of sp³-hybridized carbons (Fsp3) is 0.167. The lowest BCUT2D eigenvalue weighted by atomic mass is 10.1. The van der Waals surface area contributed by atoms with Gasteiger partial charge in [0, 0.05) is 17.4 Å². The first-order chi connectivity index (χ1) is 12.6. The van der Waals surface area contributed by atoms with Crippen molar-refractivity contribution in [3.05, 3.63) is 53.6 Å². The minimum Gasteiger partial charge on any atom is -0.497 e. The van der Waals surface area contributed by atoms with Gasteiger partial charge in [0.05, 0.1) is 19.8 Å². The van der Waals surface area contributed by atoms with Gasteiger partial charge in [-0.2, -0.15) is 0 Å². The van der Waals surface area contributed by atoms with E-state index in [-0.39, 0.29) is 0 Å². The Balaban J connectivity index is 1.71. The maximum Gasteiger partial charge on any atom is 0.277 e. The van der Waals surface area contributed by atoms with Crippen LogP contribution in [0.1, 0.15) is 15.9 Å². The molecule has 0 aliphatic rings. The quantitative estimate of drug-likeness (QED) is 0.637. The van der Waals surface area contributed by atoms with Gasteiger partial charge in [0.1, 0.15) is 11.5 Å². The fourth-order valence-electron chi connectivity index (χ4n) is 2.26. The van der Waals surface area contributed by atoms with Crippen molar-refractivity contribution < 1.29 is 18.7 Å². The lowest BCUT2D eigenvalue weighted by Crippen LogP contribution is -2.10. The molecule has 0 saturated heterocycles. The van der Waals surface area contributed by atoms with Crippen molar-refractivity contribution in [2.24, 2.45) is 5.73 Å². The van der Waals surface area contributed by atoms with Crippen LogP contribution in [-0.2, 0) is 5.75 Å². The van der Waals surface area contributed by atoms with Crippen molar-refractivity contribution in [2.45, 2.75) is 11.0 Å². The van der Waals surface area contributed by atoms with Gasteiger partial charge >= 0.3 is 0 Å². The van der Waals surface area contributed by atoms with Crippen LogP contribution >= 0.6 is 11.8 Å². The molecule has 0 unspecified atom stereocenters. The van der Waals surface area contributed by atoms with Gasteiger partial charge in [0.25, 0.3) is 11.1 Å². The lowest BCUT2D eigenvalue weighted by Gasteiger charge is -2.07. The molecule has 26 heavy (non-hydrogen) atoms. The summed E-state index contributed by atoms with van der Waals surface area (Å²) in [6.45, 7) is 0. The molecule has 3 aromatic rings. The minimum absolute atomic E-state index is 0.371. The van der Waals surface area contributed by atoms with Crippen molar-refractivity contribution in [1.82, 2.24) is 10.2 Å². The summed E-state index contributed by atoms with van der Waals surface area (Å²) in [5.74, 6) is 1.82. The first kappa shape index (κ1) is 17.8. The number of aromatic nitrogens is 2. The molecule has 0 spiro atoms. The van der Waals surface area contributed by atoms with Crippen LogP contribution in [0.25, 0.3) is 11.5 Å². The summed E-state index contributed by atoms with van der Waals surface area (Å²) in [4.78, 5) is 11.1. The number of methoxy groups -OCH3 is 2. The number of benzene rings is 2. The van der Waals surface area contributed by atoms with Crippen molar-refractivity contribution in [3.63, 3.8) is 0 Å². The Labute approximate surface area is 154 Å². The van der Waals surface area contributed by atoms with Gasteiger partial charge < -0.3 is 19.6 Å². The molecule has 0 saturated carbocycles. The number of nitrogens with zero attached hydrogens (tertiary/aromatic N) is 2. The minimum atomic E-state index is -0.445. The predicted molar refractivity (Wildman–Crippen MR) is 97.4 cm³/mol. The molecule has 7 nitrogen and oxygen atoms in total. The molecule has 2 N–H and O–H groups in total. The molecule has 0 fully saturated rings. The van der Waals surface area contributed by atoms with E-state index in [2.05, 4.69) is 10.2 Å². The predicted octanol–water partition coefficient (Wildman–Crippen LogP) is 3.15. The van der Waals surface area contributed by atoms with E-state index in [9.17, 15) is 4.79 Å². The van der Waals surface area contributed by atoms with E-state index in [1.807, 2.05) is 18.2 Å². The monoisotopic (exact) mass is 371 g/mol. The molecular weight excluding hydrogens is 354 g/mol. The van der Waals surface area contributed by atoms with Crippen LogP contribution in [-0.4, -0.2) is 30.3 Å². The Morgan fingerprint density at radius 2 is 1.88 bits per heavy atom. The number of primary amides is 1. The Hall–Kier alpha value is -3.00. The molecule has 3 rings (SSSR count). The average molecular weight is 371 g/mol. The highest BCUT2D eigenvalue weighted by Crippen LogP contribution is 2.34. The molecule has 134 valence electrons. The van der Waals surface area contributed by atoms with Crippen molar-refractivity contribution >= 4 is 17.7 Å².